The highest BCUT2D eigenvalue weighted by Crippen LogP contribution is 2.34. The Morgan fingerprint density at radius 2 is 1.85 bits per heavy atom. The van der Waals surface area contributed by atoms with E-state index in [9.17, 15) is 5.11 Å². The molecule has 1 aromatic carbocycles. The number of benzene rings is 1. The molecule has 1 N–H and O–H groups in total. The Balaban J connectivity index is 1.66. The summed E-state index contributed by atoms with van der Waals surface area (Å²) in [5.74, 6) is 1.13. The number of thiophene rings is 1. The molecule has 3 aromatic rings. The summed E-state index contributed by atoms with van der Waals surface area (Å²) in [6, 6.07) is 12.8. The highest BCUT2D eigenvalue weighted by Gasteiger charge is 2.20. The van der Waals surface area contributed by atoms with Crippen LogP contribution in [0, 0.1) is 0 Å². The van der Waals surface area contributed by atoms with Crippen LogP contribution in [0.4, 0.5) is 5.82 Å². The number of rotatable bonds is 5. The van der Waals surface area contributed by atoms with Crippen molar-refractivity contribution in [2.75, 3.05) is 37.6 Å². The van der Waals surface area contributed by atoms with Crippen molar-refractivity contribution in [2.45, 2.75) is 26.4 Å². The number of aliphatic hydroxyl groups is 1. The van der Waals surface area contributed by atoms with Crippen LogP contribution in [0.15, 0.2) is 41.8 Å². The number of aromatic nitrogens is 1. The first-order valence-corrected chi connectivity index (χ1v) is 10.6. The molecule has 1 saturated heterocycles. The van der Waals surface area contributed by atoms with Gasteiger partial charge in [-0.25, -0.2) is 4.98 Å². The number of aliphatic hydroxyl groups excluding tert-OH is 1. The van der Waals surface area contributed by atoms with E-state index in [0.717, 1.165) is 55.4 Å². The molecular weight excluding hydrogens is 354 g/mol. The van der Waals surface area contributed by atoms with E-state index in [1.54, 1.807) is 11.3 Å². The molecule has 0 saturated carbocycles. The first kappa shape index (κ1) is 18.4. The predicted molar refractivity (Wildman–Crippen MR) is 115 cm³/mol. The molecule has 1 aliphatic heterocycles. The van der Waals surface area contributed by atoms with Crippen molar-refractivity contribution < 1.29 is 5.11 Å². The molecule has 0 spiro atoms. The normalized spacial score (nSPS) is 16.8. The topological polar surface area (TPSA) is 39.6 Å². The molecule has 0 radical (unpaired) electrons. The van der Waals surface area contributed by atoms with Gasteiger partial charge in [-0.3, -0.25) is 0 Å². The second kappa shape index (κ2) is 7.97. The summed E-state index contributed by atoms with van der Waals surface area (Å²) in [6.45, 7) is 9.44. The van der Waals surface area contributed by atoms with Crippen molar-refractivity contribution in [1.29, 1.82) is 0 Å². The number of piperazine rings is 1. The molecular formula is C22H27N3OS. The van der Waals surface area contributed by atoms with Crippen molar-refractivity contribution in [2.24, 2.45) is 0 Å². The summed E-state index contributed by atoms with van der Waals surface area (Å²) in [4.78, 5) is 10.0. The van der Waals surface area contributed by atoms with Crippen LogP contribution in [0.1, 0.15) is 19.4 Å². The Morgan fingerprint density at radius 3 is 2.52 bits per heavy atom. The first-order valence-electron chi connectivity index (χ1n) is 9.77. The van der Waals surface area contributed by atoms with Gasteiger partial charge in [0, 0.05) is 31.7 Å². The minimum absolute atomic E-state index is 0.315. The molecule has 1 fully saturated rings. The van der Waals surface area contributed by atoms with Crippen molar-refractivity contribution in [3.05, 3.63) is 47.3 Å². The number of hydrogen-bond donors (Lipinski definition) is 1. The summed E-state index contributed by atoms with van der Waals surface area (Å²) >= 11 is 1.78. The summed E-state index contributed by atoms with van der Waals surface area (Å²) in [5, 5.41) is 13.0. The highest BCUT2D eigenvalue weighted by molar-refractivity contribution is 7.17. The fourth-order valence-electron chi connectivity index (χ4n) is 3.75. The molecule has 1 aliphatic rings. The van der Waals surface area contributed by atoms with E-state index >= 15 is 0 Å². The molecule has 1 atom stereocenters. The fourth-order valence-corrected chi connectivity index (χ4v) is 4.64. The van der Waals surface area contributed by atoms with Crippen LogP contribution in [0.25, 0.3) is 21.3 Å². The summed E-state index contributed by atoms with van der Waals surface area (Å²) in [5.41, 5.74) is 3.31. The lowest BCUT2D eigenvalue weighted by Gasteiger charge is -2.35. The van der Waals surface area contributed by atoms with E-state index in [0.29, 0.717) is 6.42 Å². The second-order valence-electron chi connectivity index (χ2n) is 7.34. The van der Waals surface area contributed by atoms with Crippen LogP contribution < -0.4 is 4.90 Å². The summed E-state index contributed by atoms with van der Waals surface area (Å²) in [7, 11) is 0. The fraction of sp³-hybridized carbons (Fsp3) is 0.409. The summed E-state index contributed by atoms with van der Waals surface area (Å²) < 4.78 is 1.29. The molecule has 2 aromatic heterocycles. The van der Waals surface area contributed by atoms with Gasteiger partial charge in [0.2, 0.25) is 0 Å². The van der Waals surface area contributed by atoms with Crippen molar-refractivity contribution in [3.8, 4) is 11.3 Å². The molecule has 0 aliphatic carbocycles. The quantitative estimate of drug-likeness (QED) is 0.724. The minimum atomic E-state index is -0.315. The average Bonchev–Trinajstić information content (AvgIpc) is 3.16. The number of anilines is 1. The van der Waals surface area contributed by atoms with Crippen LogP contribution in [0.3, 0.4) is 0 Å². The SMILES string of the molecule is CCN1CCN(c2nc(-c3ccc(CC(C)O)cc3)cc3ccsc23)CC1. The Morgan fingerprint density at radius 1 is 1.11 bits per heavy atom. The zero-order valence-corrected chi connectivity index (χ0v) is 16.9. The molecule has 5 heteroatoms. The van der Waals surface area contributed by atoms with E-state index in [1.807, 2.05) is 6.92 Å². The Bertz CT molecular complexity index is 896. The predicted octanol–water partition coefficient (Wildman–Crippen LogP) is 4.03. The Labute approximate surface area is 165 Å². The molecule has 4 rings (SSSR count). The third kappa shape index (κ3) is 4.00. The van der Waals surface area contributed by atoms with Crippen molar-refractivity contribution in [3.63, 3.8) is 0 Å². The lowest BCUT2D eigenvalue weighted by atomic mass is 10.0. The molecule has 4 nitrogen and oxygen atoms in total. The molecule has 27 heavy (non-hydrogen) atoms. The molecule has 0 bridgehead atoms. The Kier molecular flexibility index (Phi) is 5.43. The number of nitrogens with zero attached hydrogens (tertiary/aromatic N) is 3. The monoisotopic (exact) mass is 381 g/mol. The standard InChI is InChI=1S/C22H27N3OS/c1-3-24-9-11-25(12-10-24)22-21-19(8-13-27-21)15-20(23-22)18-6-4-17(5-7-18)14-16(2)26/h4-8,13,15-16,26H,3,9-12,14H2,1-2H3. The molecule has 142 valence electrons. The Hall–Kier alpha value is -1.95. The second-order valence-corrected chi connectivity index (χ2v) is 8.26. The first-order chi connectivity index (χ1) is 13.1. The van der Waals surface area contributed by atoms with E-state index < -0.39 is 0 Å². The van der Waals surface area contributed by atoms with E-state index in [4.69, 9.17) is 4.98 Å². The third-order valence-electron chi connectivity index (χ3n) is 5.32. The largest absolute Gasteiger partial charge is 0.393 e. The number of pyridine rings is 1. The van der Waals surface area contributed by atoms with Gasteiger partial charge in [0.1, 0.15) is 5.82 Å². The van der Waals surface area contributed by atoms with Crippen LogP contribution in [0.5, 0.6) is 0 Å². The van der Waals surface area contributed by atoms with Gasteiger partial charge in [-0.15, -0.1) is 11.3 Å². The third-order valence-corrected chi connectivity index (χ3v) is 6.24. The van der Waals surface area contributed by atoms with Gasteiger partial charge in [-0.1, -0.05) is 31.2 Å². The molecule has 1 unspecified atom stereocenters. The van der Waals surface area contributed by atoms with Crippen LogP contribution in [0.2, 0.25) is 0 Å². The maximum atomic E-state index is 9.58. The number of likely N-dealkylation sites (N-methyl/N-ethyl adjacent to an activating group) is 1. The van der Waals surface area contributed by atoms with Crippen LogP contribution in [-0.4, -0.2) is 53.8 Å². The van der Waals surface area contributed by atoms with Crippen LogP contribution >= 0.6 is 11.3 Å². The lowest BCUT2D eigenvalue weighted by Crippen LogP contribution is -2.46. The maximum absolute atomic E-state index is 9.58. The smallest absolute Gasteiger partial charge is 0.147 e. The van der Waals surface area contributed by atoms with E-state index in [-0.39, 0.29) is 6.10 Å². The summed E-state index contributed by atoms with van der Waals surface area (Å²) in [6.07, 6.45) is 0.369. The number of hydrogen-bond acceptors (Lipinski definition) is 5. The number of fused-ring (bicyclic) bond motifs is 1. The maximum Gasteiger partial charge on any atom is 0.147 e. The van der Waals surface area contributed by atoms with Gasteiger partial charge in [0.15, 0.2) is 0 Å². The lowest BCUT2D eigenvalue weighted by molar-refractivity contribution is 0.195. The van der Waals surface area contributed by atoms with Gasteiger partial charge >= 0.3 is 0 Å². The molecule has 0 amide bonds. The zero-order chi connectivity index (χ0) is 18.8. The average molecular weight is 382 g/mol. The van der Waals surface area contributed by atoms with Crippen molar-refractivity contribution in [1.82, 2.24) is 9.88 Å². The van der Waals surface area contributed by atoms with Crippen molar-refractivity contribution >= 4 is 27.2 Å². The van der Waals surface area contributed by atoms with E-state index in [2.05, 4.69) is 58.5 Å². The van der Waals surface area contributed by atoms with Gasteiger partial charge in [0.25, 0.3) is 0 Å². The highest BCUT2D eigenvalue weighted by atomic mass is 32.1. The van der Waals surface area contributed by atoms with Gasteiger partial charge in [-0.05, 0) is 48.4 Å². The van der Waals surface area contributed by atoms with Gasteiger partial charge < -0.3 is 14.9 Å². The van der Waals surface area contributed by atoms with Crippen LogP contribution in [-0.2, 0) is 6.42 Å². The van der Waals surface area contributed by atoms with E-state index in [1.165, 1.54) is 10.1 Å². The van der Waals surface area contributed by atoms with Gasteiger partial charge in [0.05, 0.1) is 16.5 Å². The minimum Gasteiger partial charge on any atom is -0.393 e. The van der Waals surface area contributed by atoms with Gasteiger partial charge in [-0.2, -0.15) is 0 Å². The zero-order valence-electron chi connectivity index (χ0n) is 16.1. The molecule has 3 heterocycles.